The lowest BCUT2D eigenvalue weighted by Crippen LogP contribution is -2.26. The molecule has 0 atom stereocenters. The van der Waals surface area contributed by atoms with Crippen molar-refractivity contribution in [3.63, 3.8) is 0 Å². The molecule has 1 aliphatic heterocycles. The molecule has 7 nitrogen and oxygen atoms in total. The summed E-state index contributed by atoms with van der Waals surface area (Å²) >= 11 is 0. The topological polar surface area (TPSA) is 68.1 Å². The molecular formula is C22H22N6O. The van der Waals surface area contributed by atoms with Crippen LogP contribution in [0.5, 0.6) is 5.75 Å². The molecule has 1 aromatic carbocycles. The van der Waals surface area contributed by atoms with Gasteiger partial charge < -0.3 is 15.0 Å². The Morgan fingerprint density at radius 1 is 1.10 bits per heavy atom. The lowest BCUT2D eigenvalue weighted by Gasteiger charge is -2.26. The molecule has 4 aromatic rings. The minimum absolute atomic E-state index is 0.524. The molecule has 0 spiro atoms. The van der Waals surface area contributed by atoms with E-state index in [1.54, 1.807) is 13.3 Å². The second-order valence-electron chi connectivity index (χ2n) is 7.28. The van der Waals surface area contributed by atoms with Crippen LogP contribution < -0.4 is 10.1 Å². The highest BCUT2D eigenvalue weighted by Gasteiger charge is 2.17. The number of rotatable bonds is 4. The molecule has 0 amide bonds. The van der Waals surface area contributed by atoms with E-state index in [0.29, 0.717) is 5.95 Å². The monoisotopic (exact) mass is 386 g/mol. The molecule has 1 N–H and O–H groups in total. The fourth-order valence-electron chi connectivity index (χ4n) is 3.77. The van der Waals surface area contributed by atoms with Gasteiger partial charge in [0.15, 0.2) is 5.65 Å². The molecule has 146 valence electrons. The third-order valence-electron chi connectivity index (χ3n) is 5.29. The summed E-state index contributed by atoms with van der Waals surface area (Å²) in [5, 5.41) is 4.31. The standard InChI is InChI=1S/C22H22N6O/c1-27-9-6-15-12-19(29-2)18(11-17(15)14-27)25-22-24-13-16-7-10-28(21(16)26-22)20-5-3-4-8-23-20/h3-5,7-8,10-13H,6,9,14H2,1-2H3,(H,24,25,26). The van der Waals surface area contributed by atoms with Crippen molar-refractivity contribution in [1.29, 1.82) is 0 Å². The molecular weight excluding hydrogens is 364 g/mol. The lowest BCUT2D eigenvalue weighted by atomic mass is 9.99. The summed E-state index contributed by atoms with van der Waals surface area (Å²) in [6.45, 7) is 1.99. The maximum absolute atomic E-state index is 5.63. The number of aromatic nitrogens is 4. The lowest BCUT2D eigenvalue weighted by molar-refractivity contribution is 0.312. The van der Waals surface area contributed by atoms with Gasteiger partial charge in [-0.2, -0.15) is 4.98 Å². The van der Waals surface area contributed by atoms with Crippen molar-refractivity contribution in [1.82, 2.24) is 24.4 Å². The molecule has 4 heterocycles. The number of pyridine rings is 1. The van der Waals surface area contributed by atoms with Crippen LogP contribution in [0.4, 0.5) is 11.6 Å². The molecule has 0 unspecified atom stereocenters. The Bertz CT molecular complexity index is 1170. The zero-order valence-corrected chi connectivity index (χ0v) is 16.5. The van der Waals surface area contributed by atoms with Crippen molar-refractivity contribution in [2.24, 2.45) is 0 Å². The van der Waals surface area contributed by atoms with Gasteiger partial charge in [-0.1, -0.05) is 6.07 Å². The summed E-state index contributed by atoms with van der Waals surface area (Å²) in [7, 11) is 3.83. The van der Waals surface area contributed by atoms with Crippen LogP contribution in [0.15, 0.2) is 55.0 Å². The average Bonchev–Trinajstić information content (AvgIpc) is 3.17. The zero-order valence-electron chi connectivity index (χ0n) is 16.5. The largest absolute Gasteiger partial charge is 0.495 e. The van der Waals surface area contributed by atoms with Gasteiger partial charge in [0.05, 0.1) is 12.8 Å². The van der Waals surface area contributed by atoms with Gasteiger partial charge >= 0.3 is 0 Å². The molecule has 0 saturated heterocycles. The van der Waals surface area contributed by atoms with E-state index >= 15 is 0 Å². The second kappa shape index (κ2) is 7.18. The predicted molar refractivity (Wildman–Crippen MR) is 113 cm³/mol. The molecule has 29 heavy (non-hydrogen) atoms. The van der Waals surface area contributed by atoms with Crippen molar-refractivity contribution >= 4 is 22.7 Å². The number of nitrogens with zero attached hydrogens (tertiary/aromatic N) is 5. The zero-order chi connectivity index (χ0) is 19.8. The number of hydrogen-bond acceptors (Lipinski definition) is 6. The van der Waals surface area contributed by atoms with E-state index < -0.39 is 0 Å². The summed E-state index contributed by atoms with van der Waals surface area (Å²) in [6.07, 6.45) is 6.59. The Hall–Kier alpha value is -3.45. The average molecular weight is 386 g/mol. The van der Waals surface area contributed by atoms with Gasteiger partial charge in [-0.05, 0) is 54.9 Å². The highest BCUT2D eigenvalue weighted by Crippen LogP contribution is 2.33. The Labute approximate surface area is 169 Å². The summed E-state index contributed by atoms with van der Waals surface area (Å²) in [5.41, 5.74) is 4.32. The van der Waals surface area contributed by atoms with Crippen LogP contribution in [0.3, 0.4) is 0 Å². The van der Waals surface area contributed by atoms with Gasteiger partial charge in [0, 0.05) is 37.1 Å². The minimum atomic E-state index is 0.524. The normalized spacial score (nSPS) is 14.0. The third-order valence-corrected chi connectivity index (χ3v) is 5.29. The van der Waals surface area contributed by atoms with E-state index in [2.05, 4.69) is 39.4 Å². The smallest absolute Gasteiger partial charge is 0.229 e. The Kier molecular flexibility index (Phi) is 4.37. The van der Waals surface area contributed by atoms with Crippen LogP contribution in [-0.2, 0) is 13.0 Å². The van der Waals surface area contributed by atoms with Gasteiger partial charge in [-0.25, -0.2) is 9.97 Å². The quantitative estimate of drug-likeness (QED) is 0.578. The fourth-order valence-corrected chi connectivity index (χ4v) is 3.77. The van der Waals surface area contributed by atoms with E-state index in [1.165, 1.54) is 11.1 Å². The van der Waals surface area contributed by atoms with Crippen molar-refractivity contribution < 1.29 is 4.74 Å². The molecule has 3 aromatic heterocycles. The maximum atomic E-state index is 5.63. The first-order valence-corrected chi connectivity index (χ1v) is 9.62. The fraction of sp³-hybridized carbons (Fsp3) is 0.227. The molecule has 1 aliphatic rings. The molecule has 0 aliphatic carbocycles. The van der Waals surface area contributed by atoms with E-state index in [0.717, 1.165) is 47.8 Å². The van der Waals surface area contributed by atoms with Crippen LogP contribution in [0.1, 0.15) is 11.1 Å². The predicted octanol–water partition coefficient (Wildman–Crippen LogP) is 3.56. The van der Waals surface area contributed by atoms with Gasteiger partial charge in [0.2, 0.25) is 5.95 Å². The molecule has 0 radical (unpaired) electrons. The number of methoxy groups -OCH3 is 1. The van der Waals surface area contributed by atoms with Crippen LogP contribution >= 0.6 is 0 Å². The van der Waals surface area contributed by atoms with Crippen LogP contribution in [0.25, 0.3) is 16.9 Å². The van der Waals surface area contributed by atoms with Gasteiger partial charge in [0.25, 0.3) is 0 Å². The van der Waals surface area contributed by atoms with E-state index in [4.69, 9.17) is 9.72 Å². The summed E-state index contributed by atoms with van der Waals surface area (Å²) < 4.78 is 7.59. The summed E-state index contributed by atoms with van der Waals surface area (Å²) in [6, 6.07) is 12.1. The first-order chi connectivity index (χ1) is 14.2. The van der Waals surface area contributed by atoms with Gasteiger partial charge in [0.1, 0.15) is 11.6 Å². The van der Waals surface area contributed by atoms with Crippen molar-refractivity contribution in [3.05, 3.63) is 66.1 Å². The molecule has 5 rings (SSSR count). The number of ether oxygens (including phenoxy) is 1. The van der Waals surface area contributed by atoms with E-state index in [-0.39, 0.29) is 0 Å². The van der Waals surface area contributed by atoms with E-state index in [9.17, 15) is 0 Å². The SMILES string of the molecule is COc1cc2c(cc1Nc1ncc3ccn(-c4ccccn4)c3n1)CN(C)CC2. The number of benzene rings is 1. The van der Waals surface area contributed by atoms with Crippen molar-refractivity contribution in [2.75, 3.05) is 26.0 Å². The summed E-state index contributed by atoms with van der Waals surface area (Å²) in [4.78, 5) is 16.0. The molecule has 0 bridgehead atoms. The number of anilines is 2. The van der Waals surface area contributed by atoms with Crippen LogP contribution in [-0.4, -0.2) is 45.1 Å². The van der Waals surface area contributed by atoms with Crippen molar-refractivity contribution in [2.45, 2.75) is 13.0 Å². The first-order valence-electron chi connectivity index (χ1n) is 9.62. The number of fused-ring (bicyclic) bond motifs is 2. The highest BCUT2D eigenvalue weighted by molar-refractivity contribution is 5.79. The summed E-state index contributed by atoms with van der Waals surface area (Å²) in [5.74, 6) is 2.15. The first kappa shape index (κ1) is 17.6. The Morgan fingerprint density at radius 3 is 2.86 bits per heavy atom. The number of hydrogen-bond donors (Lipinski definition) is 1. The number of nitrogens with one attached hydrogen (secondary N) is 1. The van der Waals surface area contributed by atoms with Crippen LogP contribution in [0, 0.1) is 0 Å². The van der Waals surface area contributed by atoms with E-state index in [1.807, 2.05) is 41.2 Å². The van der Waals surface area contributed by atoms with Gasteiger partial charge in [-0.3, -0.25) is 4.57 Å². The minimum Gasteiger partial charge on any atom is -0.495 e. The Morgan fingerprint density at radius 2 is 2.03 bits per heavy atom. The maximum Gasteiger partial charge on any atom is 0.229 e. The van der Waals surface area contributed by atoms with Crippen LogP contribution in [0.2, 0.25) is 0 Å². The second-order valence-corrected chi connectivity index (χ2v) is 7.28. The molecule has 7 heteroatoms. The number of likely N-dealkylation sites (N-methyl/N-ethyl adjacent to an activating group) is 1. The highest BCUT2D eigenvalue weighted by atomic mass is 16.5. The Balaban J connectivity index is 1.53. The van der Waals surface area contributed by atoms with Crippen molar-refractivity contribution in [3.8, 4) is 11.6 Å². The molecule has 0 saturated carbocycles. The van der Waals surface area contributed by atoms with Gasteiger partial charge in [-0.15, -0.1) is 0 Å². The molecule has 0 fully saturated rings. The third kappa shape index (κ3) is 3.30.